The minimum Gasteiger partial charge on any atom is -0.467 e. The SMILES string of the molecule is CCC(C(=O)OC)n1nc(-c2ccccc2)c2ccc(CN(OC(=O)C(C)(C)C)C3CC3)cc21. The van der Waals surface area contributed by atoms with Crippen molar-refractivity contribution in [2.24, 2.45) is 5.41 Å². The molecule has 7 nitrogen and oxygen atoms in total. The Balaban J connectivity index is 1.74. The van der Waals surface area contributed by atoms with E-state index < -0.39 is 11.5 Å². The van der Waals surface area contributed by atoms with E-state index in [1.165, 1.54) is 7.11 Å². The van der Waals surface area contributed by atoms with Gasteiger partial charge in [0, 0.05) is 17.0 Å². The third-order valence-electron chi connectivity index (χ3n) is 6.08. The van der Waals surface area contributed by atoms with Gasteiger partial charge in [-0.1, -0.05) is 49.4 Å². The van der Waals surface area contributed by atoms with Gasteiger partial charge in [0.15, 0.2) is 0 Å². The van der Waals surface area contributed by atoms with Gasteiger partial charge in [-0.3, -0.25) is 0 Å². The average molecular weight is 464 g/mol. The number of fused-ring (bicyclic) bond motifs is 1. The van der Waals surface area contributed by atoms with Crippen molar-refractivity contribution >= 4 is 22.8 Å². The van der Waals surface area contributed by atoms with Gasteiger partial charge in [0.2, 0.25) is 0 Å². The first-order valence-electron chi connectivity index (χ1n) is 11.9. The third-order valence-corrected chi connectivity index (χ3v) is 6.08. The number of ether oxygens (including phenoxy) is 1. The molecule has 0 aliphatic heterocycles. The number of hydroxylamine groups is 2. The quantitative estimate of drug-likeness (QED) is 0.334. The predicted octanol–water partition coefficient (Wildman–Crippen LogP) is 5.30. The van der Waals surface area contributed by atoms with E-state index in [1.807, 2.05) is 76.2 Å². The van der Waals surface area contributed by atoms with Crippen molar-refractivity contribution in [3.8, 4) is 11.3 Å². The van der Waals surface area contributed by atoms with Gasteiger partial charge in [-0.25, -0.2) is 14.3 Å². The van der Waals surface area contributed by atoms with Crippen LogP contribution in [0.25, 0.3) is 22.2 Å². The highest BCUT2D eigenvalue weighted by molar-refractivity contribution is 5.94. The van der Waals surface area contributed by atoms with Crippen molar-refractivity contribution in [2.45, 2.75) is 65.6 Å². The van der Waals surface area contributed by atoms with Crippen LogP contribution < -0.4 is 0 Å². The van der Waals surface area contributed by atoms with Crippen molar-refractivity contribution in [3.63, 3.8) is 0 Å². The maximum absolute atomic E-state index is 12.6. The van der Waals surface area contributed by atoms with Gasteiger partial charge in [-0.2, -0.15) is 5.10 Å². The van der Waals surface area contributed by atoms with Gasteiger partial charge in [0.25, 0.3) is 0 Å². The average Bonchev–Trinajstić information content (AvgIpc) is 3.61. The van der Waals surface area contributed by atoms with Gasteiger partial charge in [-0.05, 0) is 51.7 Å². The Morgan fingerprint density at radius 2 is 1.85 bits per heavy atom. The zero-order chi connectivity index (χ0) is 24.5. The Bertz CT molecular complexity index is 1180. The summed E-state index contributed by atoms with van der Waals surface area (Å²) >= 11 is 0. The highest BCUT2D eigenvalue weighted by Gasteiger charge is 2.35. The molecule has 1 aliphatic carbocycles. The summed E-state index contributed by atoms with van der Waals surface area (Å²) in [5.41, 5.74) is 3.07. The van der Waals surface area contributed by atoms with E-state index in [0.29, 0.717) is 13.0 Å². The summed E-state index contributed by atoms with van der Waals surface area (Å²) in [4.78, 5) is 30.9. The first-order chi connectivity index (χ1) is 16.2. The maximum Gasteiger partial charge on any atom is 0.330 e. The van der Waals surface area contributed by atoms with Crippen LogP contribution in [-0.2, 0) is 25.7 Å². The largest absolute Gasteiger partial charge is 0.467 e. The summed E-state index contributed by atoms with van der Waals surface area (Å²) in [6, 6.07) is 15.8. The van der Waals surface area contributed by atoms with Crippen LogP contribution in [0.4, 0.5) is 0 Å². The van der Waals surface area contributed by atoms with Gasteiger partial charge < -0.3 is 9.57 Å². The van der Waals surface area contributed by atoms with Crippen LogP contribution in [0.3, 0.4) is 0 Å². The van der Waals surface area contributed by atoms with Crippen molar-refractivity contribution in [2.75, 3.05) is 7.11 Å². The molecule has 1 saturated carbocycles. The number of nitrogens with zero attached hydrogens (tertiary/aromatic N) is 3. The van der Waals surface area contributed by atoms with Gasteiger partial charge >= 0.3 is 11.9 Å². The second-order valence-corrected chi connectivity index (χ2v) is 9.89. The maximum atomic E-state index is 12.6. The Labute approximate surface area is 200 Å². The number of aromatic nitrogens is 2. The van der Waals surface area contributed by atoms with Crippen molar-refractivity contribution in [1.29, 1.82) is 0 Å². The summed E-state index contributed by atoms with van der Waals surface area (Å²) < 4.78 is 6.84. The van der Waals surface area contributed by atoms with E-state index in [9.17, 15) is 9.59 Å². The molecule has 4 rings (SSSR count). The molecule has 1 aromatic heterocycles. The smallest absolute Gasteiger partial charge is 0.330 e. The van der Waals surface area contributed by atoms with Gasteiger partial charge in [0.05, 0.1) is 24.6 Å². The lowest BCUT2D eigenvalue weighted by Gasteiger charge is -2.25. The fourth-order valence-electron chi connectivity index (χ4n) is 3.92. The van der Waals surface area contributed by atoms with Crippen LogP contribution in [-0.4, -0.2) is 39.9 Å². The minimum absolute atomic E-state index is 0.241. The van der Waals surface area contributed by atoms with E-state index in [0.717, 1.165) is 40.6 Å². The van der Waals surface area contributed by atoms with Crippen molar-refractivity contribution in [1.82, 2.24) is 14.8 Å². The molecule has 0 radical (unpaired) electrons. The van der Waals surface area contributed by atoms with Gasteiger partial charge in [0.1, 0.15) is 11.7 Å². The summed E-state index contributed by atoms with van der Waals surface area (Å²) in [7, 11) is 1.40. The van der Waals surface area contributed by atoms with Crippen LogP contribution >= 0.6 is 0 Å². The first kappa shape index (κ1) is 24.0. The number of benzene rings is 2. The Kier molecular flexibility index (Phi) is 6.75. The number of hydrogen-bond acceptors (Lipinski definition) is 6. The number of hydrogen-bond donors (Lipinski definition) is 0. The molecule has 34 heavy (non-hydrogen) atoms. The molecule has 1 heterocycles. The Morgan fingerprint density at radius 1 is 1.15 bits per heavy atom. The van der Waals surface area contributed by atoms with Gasteiger partial charge in [-0.15, -0.1) is 5.06 Å². The summed E-state index contributed by atoms with van der Waals surface area (Å²) in [6.45, 7) is 7.99. The fourth-order valence-corrected chi connectivity index (χ4v) is 3.92. The van der Waals surface area contributed by atoms with Crippen LogP contribution in [0.15, 0.2) is 48.5 Å². The molecule has 1 fully saturated rings. The molecule has 180 valence electrons. The number of carbonyl (C=O) groups excluding carboxylic acids is 2. The second kappa shape index (κ2) is 9.58. The topological polar surface area (TPSA) is 73.7 Å². The predicted molar refractivity (Wildman–Crippen MR) is 131 cm³/mol. The molecular formula is C27H33N3O4. The molecule has 0 amide bonds. The van der Waals surface area contributed by atoms with E-state index in [-0.39, 0.29) is 18.0 Å². The van der Waals surface area contributed by atoms with Crippen molar-refractivity contribution < 1.29 is 19.2 Å². The fraction of sp³-hybridized carbons (Fsp3) is 0.444. The van der Waals surface area contributed by atoms with E-state index in [1.54, 1.807) is 9.75 Å². The molecule has 1 aliphatic rings. The molecule has 0 saturated heterocycles. The summed E-state index contributed by atoms with van der Waals surface area (Å²) in [5.74, 6) is -0.566. The lowest BCUT2D eigenvalue weighted by Crippen LogP contribution is -2.34. The molecule has 0 spiro atoms. The molecule has 0 N–H and O–H groups in total. The zero-order valence-corrected chi connectivity index (χ0v) is 20.6. The lowest BCUT2D eigenvalue weighted by molar-refractivity contribution is -0.206. The molecule has 0 bridgehead atoms. The van der Waals surface area contributed by atoms with E-state index in [4.69, 9.17) is 14.7 Å². The first-order valence-corrected chi connectivity index (χ1v) is 11.9. The van der Waals surface area contributed by atoms with Crippen LogP contribution in [0.5, 0.6) is 0 Å². The molecule has 1 unspecified atom stereocenters. The van der Waals surface area contributed by atoms with E-state index in [2.05, 4.69) is 0 Å². The lowest BCUT2D eigenvalue weighted by atomic mass is 9.98. The number of rotatable bonds is 8. The van der Waals surface area contributed by atoms with E-state index >= 15 is 0 Å². The van der Waals surface area contributed by atoms with Crippen LogP contribution in [0.2, 0.25) is 0 Å². The Hall–Kier alpha value is -3.19. The highest BCUT2D eigenvalue weighted by atomic mass is 16.7. The molecule has 3 aromatic rings. The third kappa shape index (κ3) is 4.99. The summed E-state index contributed by atoms with van der Waals surface area (Å²) in [6.07, 6.45) is 2.57. The summed E-state index contributed by atoms with van der Waals surface area (Å²) in [5, 5.41) is 7.62. The molecule has 7 heteroatoms. The standard InChI is InChI=1S/C27H33N3O4/c1-6-22(25(31)33-5)30-23-16-18(17-29(20-13-14-20)34-26(32)27(2,3)4)12-15-21(23)24(28-30)19-10-8-7-9-11-19/h7-12,15-16,20,22H,6,13-14,17H2,1-5H3. The van der Waals surface area contributed by atoms with Crippen molar-refractivity contribution in [3.05, 3.63) is 54.1 Å². The zero-order valence-electron chi connectivity index (χ0n) is 20.6. The molecule has 1 atom stereocenters. The van der Waals surface area contributed by atoms with Crippen LogP contribution in [0, 0.1) is 5.41 Å². The molecule has 2 aromatic carbocycles. The monoisotopic (exact) mass is 463 g/mol. The number of carbonyl (C=O) groups is 2. The number of methoxy groups -OCH3 is 1. The number of esters is 1. The normalized spacial score (nSPS) is 14.9. The van der Waals surface area contributed by atoms with Crippen LogP contribution in [0.1, 0.15) is 58.6 Å². The minimum atomic E-state index is -0.574. The molecular weight excluding hydrogens is 430 g/mol. The highest BCUT2D eigenvalue weighted by Crippen LogP contribution is 2.34. The second-order valence-electron chi connectivity index (χ2n) is 9.89. The Morgan fingerprint density at radius 3 is 2.44 bits per heavy atom.